The molecule has 0 radical (unpaired) electrons. The number of anilines is 1. The van der Waals surface area contributed by atoms with E-state index in [1.807, 2.05) is 0 Å². The van der Waals surface area contributed by atoms with Crippen molar-refractivity contribution >= 4 is 11.6 Å². The van der Waals surface area contributed by atoms with Crippen molar-refractivity contribution in [2.45, 2.75) is 0 Å². The first-order valence-electron chi connectivity index (χ1n) is 6.80. The molecule has 0 bridgehead atoms. The second-order valence-corrected chi connectivity index (χ2v) is 4.85. The second-order valence-electron chi connectivity index (χ2n) is 4.85. The molecule has 1 aromatic heterocycles. The van der Waals surface area contributed by atoms with Crippen LogP contribution < -0.4 is 4.90 Å². The van der Waals surface area contributed by atoms with Crippen LogP contribution in [-0.2, 0) is 0 Å². The fourth-order valence-electron chi connectivity index (χ4n) is 2.40. The van der Waals surface area contributed by atoms with Gasteiger partial charge in [0.15, 0.2) is 0 Å². The molecule has 1 aromatic carbocycles. The predicted octanol–water partition coefficient (Wildman–Crippen LogP) is 1.58. The molecule has 1 aliphatic rings. The van der Waals surface area contributed by atoms with E-state index in [2.05, 4.69) is 14.9 Å². The summed E-state index contributed by atoms with van der Waals surface area (Å²) in [6.45, 7) is 2.70. The van der Waals surface area contributed by atoms with Crippen LogP contribution in [0.2, 0.25) is 0 Å². The highest BCUT2D eigenvalue weighted by atomic mass is 19.1. The molecule has 0 N–H and O–H groups in total. The van der Waals surface area contributed by atoms with Gasteiger partial charge < -0.3 is 9.80 Å². The van der Waals surface area contributed by atoms with Gasteiger partial charge in [0.25, 0.3) is 5.91 Å². The highest BCUT2D eigenvalue weighted by Crippen LogP contribution is 2.17. The molecule has 0 spiro atoms. The normalized spacial score (nSPS) is 15.1. The molecule has 108 valence electrons. The smallest absolute Gasteiger partial charge is 0.272 e. The van der Waals surface area contributed by atoms with Crippen molar-refractivity contribution in [3.8, 4) is 0 Å². The molecule has 2 heterocycles. The fraction of sp³-hybridized carbons (Fsp3) is 0.267. The maximum absolute atomic E-state index is 12.9. The summed E-state index contributed by atoms with van der Waals surface area (Å²) in [4.78, 5) is 24.0. The lowest BCUT2D eigenvalue weighted by Gasteiger charge is -2.36. The minimum atomic E-state index is -0.240. The van der Waals surface area contributed by atoms with Gasteiger partial charge in [-0.3, -0.25) is 4.79 Å². The zero-order chi connectivity index (χ0) is 14.7. The van der Waals surface area contributed by atoms with E-state index >= 15 is 0 Å². The van der Waals surface area contributed by atoms with Crippen molar-refractivity contribution in [1.29, 1.82) is 0 Å². The number of halogens is 1. The Bertz CT molecular complexity index is 609. The van der Waals surface area contributed by atoms with Gasteiger partial charge in [-0.15, -0.1) is 0 Å². The van der Waals surface area contributed by atoms with E-state index < -0.39 is 0 Å². The summed E-state index contributed by atoms with van der Waals surface area (Å²) in [6.07, 6.45) is 2.94. The molecule has 0 aliphatic carbocycles. The molecule has 0 saturated carbocycles. The van der Waals surface area contributed by atoms with Gasteiger partial charge in [0.2, 0.25) is 0 Å². The minimum absolute atomic E-state index is 0.0730. The summed E-state index contributed by atoms with van der Waals surface area (Å²) in [7, 11) is 0. The topological polar surface area (TPSA) is 49.3 Å². The Morgan fingerprint density at radius 3 is 2.38 bits per heavy atom. The lowest BCUT2D eigenvalue weighted by molar-refractivity contribution is 0.0740. The molecule has 0 unspecified atom stereocenters. The van der Waals surface area contributed by atoms with Gasteiger partial charge in [0, 0.05) is 38.1 Å². The Balaban J connectivity index is 1.63. The molecule has 21 heavy (non-hydrogen) atoms. The van der Waals surface area contributed by atoms with E-state index in [-0.39, 0.29) is 11.7 Å². The van der Waals surface area contributed by atoms with Gasteiger partial charge in [0.1, 0.15) is 17.8 Å². The van der Waals surface area contributed by atoms with Crippen molar-refractivity contribution < 1.29 is 9.18 Å². The predicted molar refractivity (Wildman–Crippen MR) is 76.5 cm³/mol. The van der Waals surface area contributed by atoms with Crippen LogP contribution in [0.1, 0.15) is 10.5 Å². The summed E-state index contributed by atoms with van der Waals surface area (Å²) >= 11 is 0. The highest BCUT2D eigenvalue weighted by molar-refractivity contribution is 5.92. The number of hydrogen-bond donors (Lipinski definition) is 0. The summed E-state index contributed by atoms with van der Waals surface area (Å²) in [5.41, 5.74) is 1.39. The van der Waals surface area contributed by atoms with Gasteiger partial charge in [0.05, 0.1) is 0 Å². The first kappa shape index (κ1) is 13.5. The van der Waals surface area contributed by atoms with E-state index in [1.54, 1.807) is 29.3 Å². The van der Waals surface area contributed by atoms with Gasteiger partial charge in [-0.25, -0.2) is 14.4 Å². The van der Waals surface area contributed by atoms with E-state index in [0.717, 1.165) is 18.8 Å². The third kappa shape index (κ3) is 2.99. The maximum Gasteiger partial charge on any atom is 0.272 e. The average molecular weight is 286 g/mol. The summed E-state index contributed by atoms with van der Waals surface area (Å²) in [5, 5.41) is 0. The highest BCUT2D eigenvalue weighted by Gasteiger charge is 2.22. The van der Waals surface area contributed by atoms with Crippen LogP contribution in [0.25, 0.3) is 0 Å². The lowest BCUT2D eigenvalue weighted by atomic mass is 10.2. The van der Waals surface area contributed by atoms with Crippen LogP contribution in [0, 0.1) is 5.82 Å². The number of rotatable bonds is 2. The van der Waals surface area contributed by atoms with E-state index in [9.17, 15) is 9.18 Å². The Kier molecular flexibility index (Phi) is 3.77. The molecule has 2 aromatic rings. The van der Waals surface area contributed by atoms with Crippen molar-refractivity contribution in [3.05, 3.63) is 54.4 Å². The minimum Gasteiger partial charge on any atom is -0.368 e. The molecule has 0 atom stereocenters. The van der Waals surface area contributed by atoms with E-state index in [0.29, 0.717) is 18.8 Å². The maximum atomic E-state index is 12.9. The number of hydrogen-bond acceptors (Lipinski definition) is 4. The number of benzene rings is 1. The van der Waals surface area contributed by atoms with Crippen LogP contribution >= 0.6 is 0 Å². The van der Waals surface area contributed by atoms with Crippen LogP contribution in [0.15, 0.2) is 42.9 Å². The molecular weight excluding hydrogens is 271 g/mol. The molecule has 1 saturated heterocycles. The van der Waals surface area contributed by atoms with Crippen molar-refractivity contribution in [3.63, 3.8) is 0 Å². The Hall–Kier alpha value is -2.50. The van der Waals surface area contributed by atoms with Gasteiger partial charge in [-0.1, -0.05) is 0 Å². The molecular formula is C15H15FN4O. The molecule has 6 heteroatoms. The fourth-order valence-corrected chi connectivity index (χ4v) is 2.40. The van der Waals surface area contributed by atoms with E-state index in [1.165, 1.54) is 18.5 Å². The van der Waals surface area contributed by atoms with Gasteiger partial charge >= 0.3 is 0 Å². The molecule has 1 fully saturated rings. The van der Waals surface area contributed by atoms with Crippen molar-refractivity contribution in [1.82, 2.24) is 14.9 Å². The van der Waals surface area contributed by atoms with Crippen molar-refractivity contribution in [2.24, 2.45) is 0 Å². The number of piperazine rings is 1. The van der Waals surface area contributed by atoms with Crippen LogP contribution in [0.4, 0.5) is 10.1 Å². The molecule has 1 amide bonds. The zero-order valence-electron chi connectivity index (χ0n) is 11.4. The molecule has 1 aliphatic heterocycles. The number of aromatic nitrogens is 2. The first-order valence-corrected chi connectivity index (χ1v) is 6.80. The second kappa shape index (κ2) is 5.87. The molecule has 3 rings (SSSR count). The quantitative estimate of drug-likeness (QED) is 0.841. The first-order chi connectivity index (χ1) is 10.2. The Morgan fingerprint density at radius 1 is 1.05 bits per heavy atom. The standard InChI is InChI=1S/C15H15FN4O/c16-12-1-3-13(4-2-12)19-7-9-20(10-8-19)15(21)14-5-6-17-11-18-14/h1-6,11H,7-10H2. The molecule has 5 nitrogen and oxygen atoms in total. The average Bonchev–Trinajstić information content (AvgIpc) is 2.56. The summed E-state index contributed by atoms with van der Waals surface area (Å²) in [5.74, 6) is -0.313. The zero-order valence-corrected chi connectivity index (χ0v) is 11.4. The number of carbonyl (C=O) groups is 1. The van der Waals surface area contributed by atoms with E-state index in [4.69, 9.17) is 0 Å². The largest absolute Gasteiger partial charge is 0.368 e. The van der Waals surface area contributed by atoms with Crippen LogP contribution in [0.5, 0.6) is 0 Å². The summed E-state index contributed by atoms with van der Waals surface area (Å²) in [6, 6.07) is 8.05. The number of amides is 1. The monoisotopic (exact) mass is 286 g/mol. The SMILES string of the molecule is O=C(c1ccncn1)N1CCN(c2ccc(F)cc2)CC1. The van der Waals surface area contributed by atoms with Crippen LogP contribution in [-0.4, -0.2) is 47.0 Å². The van der Waals surface area contributed by atoms with Crippen molar-refractivity contribution in [2.75, 3.05) is 31.1 Å². The summed E-state index contributed by atoms with van der Waals surface area (Å²) < 4.78 is 12.9. The lowest BCUT2D eigenvalue weighted by Crippen LogP contribution is -2.49. The third-order valence-corrected chi connectivity index (χ3v) is 3.56. The third-order valence-electron chi connectivity index (χ3n) is 3.56. The van der Waals surface area contributed by atoms with Gasteiger partial charge in [-0.2, -0.15) is 0 Å². The number of nitrogens with zero attached hydrogens (tertiary/aromatic N) is 4. The van der Waals surface area contributed by atoms with Crippen LogP contribution in [0.3, 0.4) is 0 Å². The Morgan fingerprint density at radius 2 is 1.76 bits per heavy atom. The number of carbonyl (C=O) groups excluding carboxylic acids is 1. The Labute approximate surface area is 122 Å². The van der Waals surface area contributed by atoms with Gasteiger partial charge in [-0.05, 0) is 30.3 Å².